The van der Waals surface area contributed by atoms with E-state index in [-0.39, 0.29) is 0 Å². The Balaban J connectivity index is 1.44. The van der Waals surface area contributed by atoms with E-state index >= 15 is 0 Å². The first-order valence-electron chi connectivity index (χ1n) is 8.29. The van der Waals surface area contributed by atoms with E-state index in [9.17, 15) is 0 Å². The summed E-state index contributed by atoms with van der Waals surface area (Å²) < 4.78 is 11.7. The van der Waals surface area contributed by atoms with Crippen LogP contribution in [-0.2, 0) is 0 Å². The van der Waals surface area contributed by atoms with Gasteiger partial charge in [0.15, 0.2) is 0 Å². The molecule has 1 heterocycles. The molecule has 0 saturated carbocycles. The second kappa shape index (κ2) is 8.56. The lowest BCUT2D eigenvalue weighted by molar-refractivity contribution is 0.214. The van der Waals surface area contributed by atoms with E-state index in [2.05, 4.69) is 10.2 Å². The monoisotopic (exact) mass is 312 g/mol. The molecule has 2 aromatic rings. The number of piperazine rings is 1. The molecule has 4 nitrogen and oxygen atoms in total. The van der Waals surface area contributed by atoms with Gasteiger partial charge < -0.3 is 19.7 Å². The van der Waals surface area contributed by atoms with Crippen molar-refractivity contribution in [3.05, 3.63) is 54.6 Å². The first-order chi connectivity index (χ1) is 11.4. The summed E-state index contributed by atoms with van der Waals surface area (Å²) >= 11 is 0. The number of nitrogens with zero attached hydrogens (tertiary/aromatic N) is 1. The zero-order valence-corrected chi connectivity index (χ0v) is 13.4. The van der Waals surface area contributed by atoms with Crippen molar-refractivity contribution < 1.29 is 9.47 Å². The molecule has 0 amide bonds. The zero-order chi connectivity index (χ0) is 15.7. The predicted molar refractivity (Wildman–Crippen MR) is 92.4 cm³/mol. The van der Waals surface area contributed by atoms with Crippen LogP contribution in [0.3, 0.4) is 0 Å². The van der Waals surface area contributed by atoms with Crippen molar-refractivity contribution >= 4 is 0 Å². The second-order valence-corrected chi connectivity index (χ2v) is 5.68. The van der Waals surface area contributed by atoms with Crippen LogP contribution in [0.4, 0.5) is 0 Å². The normalized spacial score (nSPS) is 15.3. The van der Waals surface area contributed by atoms with Gasteiger partial charge in [-0.2, -0.15) is 0 Å². The molecule has 0 aliphatic carbocycles. The lowest BCUT2D eigenvalue weighted by Crippen LogP contribution is -2.43. The molecule has 0 bridgehead atoms. The van der Waals surface area contributed by atoms with Crippen LogP contribution < -0.4 is 14.8 Å². The number of nitrogens with one attached hydrogen (secondary N) is 1. The summed E-state index contributed by atoms with van der Waals surface area (Å²) in [4.78, 5) is 2.48. The molecule has 0 unspecified atom stereocenters. The summed E-state index contributed by atoms with van der Waals surface area (Å²) in [5.74, 6) is 2.50. The molecule has 0 radical (unpaired) electrons. The van der Waals surface area contributed by atoms with Gasteiger partial charge in [-0.15, -0.1) is 0 Å². The molecule has 1 saturated heterocycles. The lowest BCUT2D eigenvalue weighted by atomic mass is 10.3. The van der Waals surface area contributed by atoms with Gasteiger partial charge in [-0.1, -0.05) is 24.3 Å². The number of hydrogen-bond acceptors (Lipinski definition) is 4. The Morgan fingerprint density at radius 1 is 0.870 bits per heavy atom. The molecule has 122 valence electrons. The average Bonchev–Trinajstić information content (AvgIpc) is 2.61. The quantitative estimate of drug-likeness (QED) is 0.796. The maximum Gasteiger partial charge on any atom is 0.131 e. The van der Waals surface area contributed by atoms with Gasteiger partial charge in [0.25, 0.3) is 0 Å². The van der Waals surface area contributed by atoms with E-state index in [4.69, 9.17) is 9.47 Å². The Hall–Kier alpha value is -2.04. The summed E-state index contributed by atoms with van der Waals surface area (Å²) in [7, 11) is 0. The Morgan fingerprint density at radius 2 is 1.61 bits per heavy atom. The topological polar surface area (TPSA) is 33.7 Å². The van der Waals surface area contributed by atoms with Crippen LogP contribution in [0, 0.1) is 0 Å². The van der Waals surface area contributed by atoms with Crippen LogP contribution in [0.1, 0.15) is 6.42 Å². The SMILES string of the molecule is c1ccc(Oc2cccc(OCCCN3CCNCC3)c2)cc1. The first kappa shape index (κ1) is 15.8. The van der Waals surface area contributed by atoms with Crippen molar-refractivity contribution in [3.63, 3.8) is 0 Å². The van der Waals surface area contributed by atoms with E-state index in [1.54, 1.807) is 0 Å². The Kier molecular flexibility index (Phi) is 5.89. The molecule has 23 heavy (non-hydrogen) atoms. The molecule has 0 atom stereocenters. The number of para-hydroxylation sites is 1. The molecule has 3 rings (SSSR count). The van der Waals surface area contributed by atoms with Gasteiger partial charge in [0.2, 0.25) is 0 Å². The summed E-state index contributed by atoms with van der Waals surface area (Å²) in [5.41, 5.74) is 0. The maximum absolute atomic E-state index is 5.85. The van der Waals surface area contributed by atoms with Crippen LogP contribution in [0.25, 0.3) is 0 Å². The molecule has 1 aliphatic heterocycles. The van der Waals surface area contributed by atoms with Gasteiger partial charge in [-0.3, -0.25) is 0 Å². The summed E-state index contributed by atoms with van der Waals surface area (Å²) in [6, 6.07) is 17.6. The van der Waals surface area contributed by atoms with E-state index in [1.165, 1.54) is 0 Å². The van der Waals surface area contributed by atoms with Gasteiger partial charge in [-0.05, 0) is 30.7 Å². The zero-order valence-electron chi connectivity index (χ0n) is 13.4. The smallest absolute Gasteiger partial charge is 0.131 e. The van der Waals surface area contributed by atoms with E-state index < -0.39 is 0 Å². The maximum atomic E-state index is 5.85. The highest BCUT2D eigenvalue weighted by atomic mass is 16.5. The van der Waals surface area contributed by atoms with Crippen molar-refractivity contribution in [1.29, 1.82) is 0 Å². The highest BCUT2D eigenvalue weighted by Crippen LogP contribution is 2.25. The molecule has 2 aromatic carbocycles. The lowest BCUT2D eigenvalue weighted by Gasteiger charge is -2.26. The van der Waals surface area contributed by atoms with Gasteiger partial charge in [0, 0.05) is 38.8 Å². The summed E-state index contributed by atoms with van der Waals surface area (Å²) in [6.45, 7) is 6.31. The van der Waals surface area contributed by atoms with Gasteiger partial charge in [-0.25, -0.2) is 0 Å². The third-order valence-corrected chi connectivity index (χ3v) is 3.88. The molecule has 1 fully saturated rings. The van der Waals surface area contributed by atoms with Crippen molar-refractivity contribution in [1.82, 2.24) is 10.2 Å². The number of ether oxygens (including phenoxy) is 2. The molecule has 0 aromatic heterocycles. The van der Waals surface area contributed by atoms with Crippen molar-refractivity contribution in [2.24, 2.45) is 0 Å². The van der Waals surface area contributed by atoms with E-state index in [0.29, 0.717) is 0 Å². The van der Waals surface area contributed by atoms with Crippen LogP contribution in [0.2, 0.25) is 0 Å². The largest absolute Gasteiger partial charge is 0.493 e. The molecular formula is C19H24N2O2. The average molecular weight is 312 g/mol. The van der Waals surface area contributed by atoms with Crippen LogP contribution >= 0.6 is 0 Å². The van der Waals surface area contributed by atoms with Crippen LogP contribution in [-0.4, -0.2) is 44.2 Å². The van der Waals surface area contributed by atoms with Gasteiger partial charge in [0.1, 0.15) is 17.2 Å². The van der Waals surface area contributed by atoms with E-state index in [1.807, 2.05) is 54.6 Å². The summed E-state index contributed by atoms with van der Waals surface area (Å²) in [5, 5.41) is 3.37. The first-order valence-corrected chi connectivity index (χ1v) is 8.29. The molecular weight excluding hydrogens is 288 g/mol. The number of rotatable bonds is 7. The Morgan fingerprint density at radius 3 is 2.43 bits per heavy atom. The molecule has 1 aliphatic rings. The fourth-order valence-corrected chi connectivity index (χ4v) is 2.67. The third-order valence-electron chi connectivity index (χ3n) is 3.88. The molecule has 1 N–H and O–H groups in total. The number of hydrogen-bond donors (Lipinski definition) is 1. The van der Waals surface area contributed by atoms with Crippen molar-refractivity contribution in [2.45, 2.75) is 6.42 Å². The predicted octanol–water partition coefficient (Wildman–Crippen LogP) is 3.15. The van der Waals surface area contributed by atoms with Crippen molar-refractivity contribution in [2.75, 3.05) is 39.3 Å². The highest BCUT2D eigenvalue weighted by molar-refractivity contribution is 5.36. The fraction of sp³-hybridized carbons (Fsp3) is 0.368. The van der Waals surface area contributed by atoms with E-state index in [0.717, 1.165) is 63.0 Å². The van der Waals surface area contributed by atoms with Gasteiger partial charge >= 0.3 is 0 Å². The van der Waals surface area contributed by atoms with Crippen LogP contribution in [0.5, 0.6) is 17.2 Å². The van der Waals surface area contributed by atoms with Crippen LogP contribution in [0.15, 0.2) is 54.6 Å². The standard InChI is InChI=1S/C19H24N2O2/c1-2-6-17(7-3-1)23-19-9-4-8-18(16-19)22-15-5-12-21-13-10-20-11-14-21/h1-4,6-9,16,20H,5,10-15H2. The third kappa shape index (κ3) is 5.27. The van der Waals surface area contributed by atoms with Crippen molar-refractivity contribution in [3.8, 4) is 17.2 Å². The minimum atomic E-state index is 0.735. The highest BCUT2D eigenvalue weighted by Gasteiger charge is 2.08. The summed E-state index contributed by atoms with van der Waals surface area (Å²) in [6.07, 6.45) is 1.05. The number of benzene rings is 2. The Bertz CT molecular complexity index is 583. The minimum absolute atomic E-state index is 0.735. The molecule has 4 heteroatoms. The fourth-order valence-electron chi connectivity index (χ4n) is 2.67. The van der Waals surface area contributed by atoms with Gasteiger partial charge in [0.05, 0.1) is 6.61 Å². The second-order valence-electron chi connectivity index (χ2n) is 5.68. The molecule has 0 spiro atoms. The Labute approximate surface area is 138 Å². The minimum Gasteiger partial charge on any atom is -0.493 e.